The standard InChI is InChI=1S/C46H39N4O2.Pt/c1-45(2,3)30-20-21-47-43(26-30)50-39-15-9-7-12-35(39)36-19-18-33(28-41(36)50)51-34-25-31(46(4,5)6)24-32(27-34)48-22-23-49(29-48)40-16-11-14-38-37-13-8-10-17-42(37)52-44(38)40;/h7-26,29H,1-6H3;/q-3;. The van der Waals surface area contributed by atoms with Crippen LogP contribution in [0.25, 0.3) is 49.6 Å². The van der Waals surface area contributed by atoms with E-state index in [2.05, 4.69) is 154 Å². The quantitative estimate of drug-likeness (QED) is 0.161. The third kappa shape index (κ3) is 6.19. The molecule has 0 bridgehead atoms. The Bertz CT molecular complexity index is 2690. The molecular formula is C46H39N4O2Pt-3. The van der Waals surface area contributed by atoms with Crippen LogP contribution in [0.3, 0.4) is 0 Å². The maximum atomic E-state index is 6.65. The summed E-state index contributed by atoms with van der Waals surface area (Å²) in [7, 11) is 0. The minimum Gasteiger partial charge on any atom is -0.509 e. The largest absolute Gasteiger partial charge is 0.509 e. The van der Waals surface area contributed by atoms with Gasteiger partial charge in [0, 0.05) is 55.1 Å². The number of ether oxygens (including phenoxy) is 1. The summed E-state index contributed by atoms with van der Waals surface area (Å²) in [6, 6.07) is 42.7. The van der Waals surface area contributed by atoms with Gasteiger partial charge >= 0.3 is 0 Å². The normalized spacial score (nSPS) is 13.5. The first-order chi connectivity index (χ1) is 25.0. The fourth-order valence-corrected chi connectivity index (χ4v) is 7.03. The van der Waals surface area contributed by atoms with Crippen molar-refractivity contribution in [2.45, 2.75) is 52.4 Å². The average Bonchev–Trinajstić information content (AvgIpc) is 3.85. The zero-order valence-electron chi connectivity index (χ0n) is 30.5. The van der Waals surface area contributed by atoms with Crippen LogP contribution in [-0.2, 0) is 31.9 Å². The molecule has 268 valence electrons. The molecule has 0 spiro atoms. The van der Waals surface area contributed by atoms with Crippen LogP contribution in [0, 0.1) is 18.8 Å². The van der Waals surface area contributed by atoms with E-state index in [0.29, 0.717) is 11.5 Å². The number of hydrogen-bond acceptors (Lipinski definition) is 5. The maximum Gasteiger partial charge on any atom is 0.156 e. The summed E-state index contributed by atoms with van der Waals surface area (Å²) in [5, 5.41) is 4.44. The molecule has 0 unspecified atom stereocenters. The summed E-state index contributed by atoms with van der Waals surface area (Å²) in [6.07, 6.45) is 5.98. The molecule has 0 radical (unpaired) electrons. The number of rotatable bonds is 5. The fraction of sp³-hybridized carbons (Fsp3) is 0.174. The van der Waals surface area contributed by atoms with Crippen LogP contribution in [0.5, 0.6) is 11.5 Å². The molecule has 0 amide bonds. The number of anilines is 2. The van der Waals surface area contributed by atoms with Crippen molar-refractivity contribution < 1.29 is 30.2 Å². The van der Waals surface area contributed by atoms with Crippen LogP contribution < -0.4 is 14.5 Å². The Morgan fingerprint density at radius 1 is 0.660 bits per heavy atom. The minimum absolute atomic E-state index is 0. The van der Waals surface area contributed by atoms with E-state index in [4.69, 9.17) is 14.1 Å². The molecule has 53 heavy (non-hydrogen) atoms. The third-order valence-electron chi connectivity index (χ3n) is 9.89. The number of benzene rings is 5. The first-order valence-electron chi connectivity index (χ1n) is 17.7. The molecule has 0 atom stereocenters. The Hall–Kier alpha value is -5.32. The number of aromatic nitrogens is 2. The van der Waals surface area contributed by atoms with E-state index in [1.165, 1.54) is 5.56 Å². The predicted molar refractivity (Wildman–Crippen MR) is 212 cm³/mol. The van der Waals surface area contributed by atoms with Crippen LogP contribution in [0.1, 0.15) is 52.7 Å². The zero-order chi connectivity index (χ0) is 35.8. The molecule has 9 rings (SSSR count). The van der Waals surface area contributed by atoms with Crippen molar-refractivity contribution >= 4 is 55.1 Å². The number of furan rings is 1. The fourth-order valence-electron chi connectivity index (χ4n) is 7.03. The Labute approximate surface area is 324 Å². The predicted octanol–water partition coefficient (Wildman–Crippen LogP) is 12.0. The van der Waals surface area contributed by atoms with Crippen molar-refractivity contribution in [3.8, 4) is 17.3 Å². The summed E-state index contributed by atoms with van der Waals surface area (Å²) < 4.78 is 15.2. The molecule has 6 nitrogen and oxygen atoms in total. The average molecular weight is 875 g/mol. The number of fused-ring (bicyclic) bond motifs is 6. The number of hydrogen-bond donors (Lipinski definition) is 0. The van der Waals surface area contributed by atoms with Gasteiger partial charge in [0.05, 0.1) is 5.69 Å². The molecule has 7 heteroatoms. The van der Waals surface area contributed by atoms with Crippen LogP contribution >= 0.6 is 0 Å². The van der Waals surface area contributed by atoms with Gasteiger partial charge in [0.1, 0.15) is 11.4 Å². The molecule has 0 saturated carbocycles. The summed E-state index contributed by atoms with van der Waals surface area (Å²) in [5.41, 5.74) is 7.77. The van der Waals surface area contributed by atoms with Gasteiger partial charge < -0.3 is 23.5 Å². The summed E-state index contributed by atoms with van der Waals surface area (Å²) in [6.45, 7) is 15.4. The molecule has 4 heterocycles. The Kier molecular flexibility index (Phi) is 8.50. The molecular weight excluding hydrogens is 836 g/mol. The van der Waals surface area contributed by atoms with Gasteiger partial charge in [-0.05, 0) is 64.5 Å². The number of nitrogens with zero attached hydrogens (tertiary/aromatic N) is 4. The Balaban J connectivity index is 0.00000400. The Morgan fingerprint density at radius 2 is 1.40 bits per heavy atom. The van der Waals surface area contributed by atoms with E-state index in [1.807, 2.05) is 42.9 Å². The molecule has 8 aromatic rings. The Morgan fingerprint density at radius 3 is 2.21 bits per heavy atom. The molecule has 0 aliphatic carbocycles. The second-order valence-corrected chi connectivity index (χ2v) is 15.5. The maximum absolute atomic E-state index is 6.65. The molecule has 0 fully saturated rings. The van der Waals surface area contributed by atoms with E-state index in [1.54, 1.807) is 0 Å². The molecule has 5 aromatic carbocycles. The van der Waals surface area contributed by atoms with E-state index in [-0.39, 0.29) is 31.9 Å². The zero-order valence-corrected chi connectivity index (χ0v) is 32.8. The first-order valence-corrected chi connectivity index (χ1v) is 17.7. The van der Waals surface area contributed by atoms with Gasteiger partial charge in [-0.1, -0.05) is 95.6 Å². The van der Waals surface area contributed by atoms with Crippen molar-refractivity contribution in [1.29, 1.82) is 0 Å². The van der Waals surface area contributed by atoms with Gasteiger partial charge in [-0.15, -0.1) is 53.6 Å². The monoisotopic (exact) mass is 874 g/mol. The van der Waals surface area contributed by atoms with Crippen LogP contribution in [0.15, 0.2) is 126 Å². The number of para-hydroxylation sites is 3. The van der Waals surface area contributed by atoms with Gasteiger partial charge in [0.25, 0.3) is 0 Å². The molecule has 1 aliphatic rings. The van der Waals surface area contributed by atoms with Gasteiger partial charge in [-0.25, -0.2) is 4.98 Å². The van der Waals surface area contributed by atoms with Crippen molar-refractivity contribution in [3.05, 3.63) is 152 Å². The van der Waals surface area contributed by atoms with E-state index in [0.717, 1.165) is 66.5 Å². The van der Waals surface area contributed by atoms with Crippen molar-refractivity contribution in [2.24, 2.45) is 0 Å². The second-order valence-electron chi connectivity index (χ2n) is 15.5. The second kappa shape index (κ2) is 13.0. The van der Waals surface area contributed by atoms with E-state index < -0.39 is 0 Å². The van der Waals surface area contributed by atoms with Crippen LogP contribution in [0.4, 0.5) is 11.4 Å². The molecule has 0 saturated heterocycles. The van der Waals surface area contributed by atoms with Crippen molar-refractivity contribution in [2.75, 3.05) is 9.80 Å². The van der Waals surface area contributed by atoms with E-state index >= 15 is 0 Å². The van der Waals surface area contributed by atoms with Gasteiger partial charge in [0.15, 0.2) is 5.58 Å². The molecule has 1 aliphatic heterocycles. The van der Waals surface area contributed by atoms with Gasteiger partial charge in [0.2, 0.25) is 0 Å². The van der Waals surface area contributed by atoms with E-state index in [9.17, 15) is 0 Å². The molecule has 0 N–H and O–H groups in total. The topological polar surface area (TPSA) is 46.7 Å². The number of pyridine rings is 1. The van der Waals surface area contributed by atoms with Crippen LogP contribution in [-0.4, -0.2) is 9.55 Å². The summed E-state index contributed by atoms with van der Waals surface area (Å²) >= 11 is 0. The minimum atomic E-state index is -0.130. The SMILES string of the molecule is CC(C)(C)c1cc(Oc2[c-]c3c(cc2)c2ccccc2n3-c2cc(C(C)(C)C)ccn2)[c-]c(N2C=CN(c3cccc4c3oc3ccccc34)[CH-]2)c1.[Pt]. The smallest absolute Gasteiger partial charge is 0.156 e. The summed E-state index contributed by atoms with van der Waals surface area (Å²) in [4.78, 5) is 8.99. The third-order valence-corrected chi connectivity index (χ3v) is 9.89. The molecule has 3 aromatic heterocycles. The summed E-state index contributed by atoms with van der Waals surface area (Å²) in [5.74, 6) is 2.08. The van der Waals surface area contributed by atoms with Crippen molar-refractivity contribution in [3.63, 3.8) is 0 Å². The van der Waals surface area contributed by atoms with Gasteiger partial charge in [-0.2, -0.15) is 6.07 Å². The van der Waals surface area contributed by atoms with Crippen LogP contribution in [0.2, 0.25) is 0 Å². The van der Waals surface area contributed by atoms with Gasteiger partial charge in [-0.3, -0.25) is 0 Å². The first kappa shape index (κ1) is 34.7. The van der Waals surface area contributed by atoms with Crippen molar-refractivity contribution in [1.82, 2.24) is 9.55 Å².